The predicted molar refractivity (Wildman–Crippen MR) is 65.2 cm³/mol. The van der Waals surface area contributed by atoms with Crippen LogP contribution in [-0.4, -0.2) is 9.97 Å². The fraction of sp³-hybridized carbons (Fsp3) is 0.154. The predicted octanol–water partition coefficient (Wildman–Crippen LogP) is 2.52. The minimum atomic E-state index is 0.102. The van der Waals surface area contributed by atoms with E-state index >= 15 is 0 Å². The molecule has 1 unspecified atom stereocenters. The third-order valence-corrected chi connectivity index (χ3v) is 2.42. The number of anilines is 1. The summed E-state index contributed by atoms with van der Waals surface area (Å²) in [7, 11) is 0. The SMILES string of the molecule is CC(Nc1nccc(C#N)n1)c1ccccc1. The largest absolute Gasteiger partial charge is 0.348 e. The number of nitriles is 1. The first kappa shape index (κ1) is 11.1. The molecule has 0 aliphatic heterocycles. The molecular formula is C13H12N4. The molecule has 4 heteroatoms. The lowest BCUT2D eigenvalue weighted by Gasteiger charge is -2.13. The number of benzene rings is 1. The topological polar surface area (TPSA) is 61.6 Å². The highest BCUT2D eigenvalue weighted by molar-refractivity contribution is 5.34. The molecule has 1 aromatic carbocycles. The maximum atomic E-state index is 8.75. The lowest BCUT2D eigenvalue weighted by Crippen LogP contribution is -2.09. The summed E-state index contributed by atoms with van der Waals surface area (Å²) >= 11 is 0. The Morgan fingerprint density at radius 3 is 2.71 bits per heavy atom. The molecule has 0 aliphatic carbocycles. The summed E-state index contributed by atoms with van der Waals surface area (Å²) in [5.41, 5.74) is 1.52. The quantitative estimate of drug-likeness (QED) is 0.870. The zero-order chi connectivity index (χ0) is 12.1. The van der Waals surface area contributed by atoms with Gasteiger partial charge in [-0.15, -0.1) is 0 Å². The van der Waals surface area contributed by atoms with Crippen molar-refractivity contribution >= 4 is 5.95 Å². The van der Waals surface area contributed by atoms with Gasteiger partial charge in [0, 0.05) is 6.20 Å². The molecule has 1 atom stereocenters. The first-order valence-corrected chi connectivity index (χ1v) is 5.34. The average molecular weight is 224 g/mol. The number of hydrogen-bond donors (Lipinski definition) is 1. The van der Waals surface area contributed by atoms with Crippen LogP contribution in [0.2, 0.25) is 0 Å². The molecule has 2 rings (SSSR count). The van der Waals surface area contributed by atoms with E-state index in [1.807, 2.05) is 43.3 Å². The number of nitrogens with zero attached hydrogens (tertiary/aromatic N) is 3. The highest BCUT2D eigenvalue weighted by Gasteiger charge is 2.06. The summed E-state index contributed by atoms with van der Waals surface area (Å²) in [6.45, 7) is 2.03. The van der Waals surface area contributed by atoms with Gasteiger partial charge in [0.05, 0.1) is 6.04 Å². The van der Waals surface area contributed by atoms with Gasteiger partial charge in [-0.05, 0) is 18.6 Å². The van der Waals surface area contributed by atoms with Gasteiger partial charge in [-0.2, -0.15) is 5.26 Å². The maximum Gasteiger partial charge on any atom is 0.224 e. The van der Waals surface area contributed by atoms with Gasteiger partial charge >= 0.3 is 0 Å². The molecule has 0 aliphatic rings. The smallest absolute Gasteiger partial charge is 0.224 e. The fourth-order valence-corrected chi connectivity index (χ4v) is 1.51. The van der Waals surface area contributed by atoms with E-state index in [9.17, 15) is 0 Å². The second kappa shape index (κ2) is 5.08. The van der Waals surface area contributed by atoms with Crippen molar-refractivity contribution in [2.24, 2.45) is 0 Å². The highest BCUT2D eigenvalue weighted by atomic mass is 15.1. The molecule has 0 fully saturated rings. The first-order chi connectivity index (χ1) is 8.29. The molecule has 0 amide bonds. The molecule has 0 saturated heterocycles. The van der Waals surface area contributed by atoms with Gasteiger partial charge in [0.1, 0.15) is 11.8 Å². The summed E-state index contributed by atoms with van der Waals surface area (Å²) < 4.78 is 0. The zero-order valence-electron chi connectivity index (χ0n) is 9.46. The second-order valence-electron chi connectivity index (χ2n) is 3.65. The van der Waals surface area contributed by atoms with Crippen LogP contribution in [0.15, 0.2) is 42.6 Å². The van der Waals surface area contributed by atoms with Gasteiger partial charge in [-0.3, -0.25) is 0 Å². The van der Waals surface area contributed by atoms with Crippen LogP contribution in [0.3, 0.4) is 0 Å². The third-order valence-electron chi connectivity index (χ3n) is 2.42. The fourth-order valence-electron chi connectivity index (χ4n) is 1.51. The van der Waals surface area contributed by atoms with E-state index in [1.54, 1.807) is 12.3 Å². The van der Waals surface area contributed by atoms with Crippen LogP contribution in [0.4, 0.5) is 5.95 Å². The van der Waals surface area contributed by atoms with E-state index < -0.39 is 0 Å². The van der Waals surface area contributed by atoms with Crippen LogP contribution >= 0.6 is 0 Å². The van der Waals surface area contributed by atoms with E-state index in [2.05, 4.69) is 15.3 Å². The Morgan fingerprint density at radius 2 is 2.00 bits per heavy atom. The number of nitrogens with one attached hydrogen (secondary N) is 1. The Morgan fingerprint density at radius 1 is 1.24 bits per heavy atom. The minimum absolute atomic E-state index is 0.102. The molecule has 0 saturated carbocycles. The molecule has 84 valence electrons. The standard InChI is InChI=1S/C13H12N4/c1-10(11-5-3-2-4-6-11)16-13-15-8-7-12(9-14)17-13/h2-8,10H,1H3,(H,15,16,17). The first-order valence-electron chi connectivity index (χ1n) is 5.34. The van der Waals surface area contributed by atoms with Gasteiger partial charge in [0.25, 0.3) is 0 Å². The van der Waals surface area contributed by atoms with E-state index in [1.165, 1.54) is 0 Å². The Hall–Kier alpha value is -2.41. The summed E-state index contributed by atoms with van der Waals surface area (Å²) in [6.07, 6.45) is 1.58. The molecular weight excluding hydrogens is 212 g/mol. The summed E-state index contributed by atoms with van der Waals surface area (Å²) in [5.74, 6) is 0.473. The summed E-state index contributed by atoms with van der Waals surface area (Å²) in [4.78, 5) is 8.15. The monoisotopic (exact) mass is 224 g/mol. The average Bonchev–Trinajstić information content (AvgIpc) is 2.40. The van der Waals surface area contributed by atoms with Crippen LogP contribution < -0.4 is 5.32 Å². The van der Waals surface area contributed by atoms with E-state index in [4.69, 9.17) is 5.26 Å². The minimum Gasteiger partial charge on any atom is -0.348 e. The molecule has 1 heterocycles. The van der Waals surface area contributed by atoms with E-state index in [0.29, 0.717) is 11.6 Å². The summed E-state index contributed by atoms with van der Waals surface area (Å²) in [6, 6.07) is 13.7. The lowest BCUT2D eigenvalue weighted by atomic mass is 10.1. The Balaban J connectivity index is 2.13. The zero-order valence-corrected chi connectivity index (χ0v) is 9.46. The van der Waals surface area contributed by atoms with Crippen LogP contribution in [-0.2, 0) is 0 Å². The number of aromatic nitrogens is 2. The third kappa shape index (κ3) is 2.79. The molecule has 17 heavy (non-hydrogen) atoms. The normalized spacial score (nSPS) is 11.5. The molecule has 0 bridgehead atoms. The molecule has 2 aromatic rings. The Labute approximate surface area is 100.0 Å². The van der Waals surface area contributed by atoms with Crippen molar-refractivity contribution in [2.75, 3.05) is 5.32 Å². The van der Waals surface area contributed by atoms with Gasteiger partial charge in [0.15, 0.2) is 0 Å². The van der Waals surface area contributed by atoms with Crippen molar-refractivity contribution in [3.8, 4) is 6.07 Å². The number of hydrogen-bond acceptors (Lipinski definition) is 4. The van der Waals surface area contributed by atoms with Crippen LogP contribution in [0.1, 0.15) is 24.2 Å². The molecule has 0 radical (unpaired) electrons. The Bertz CT molecular complexity index is 531. The van der Waals surface area contributed by atoms with Crippen LogP contribution in [0, 0.1) is 11.3 Å². The van der Waals surface area contributed by atoms with Crippen molar-refractivity contribution in [3.05, 3.63) is 53.9 Å². The van der Waals surface area contributed by atoms with Crippen molar-refractivity contribution in [3.63, 3.8) is 0 Å². The summed E-state index contributed by atoms with van der Waals surface area (Å²) in [5, 5.41) is 11.9. The van der Waals surface area contributed by atoms with Crippen molar-refractivity contribution in [1.82, 2.24) is 9.97 Å². The second-order valence-corrected chi connectivity index (χ2v) is 3.65. The van der Waals surface area contributed by atoms with E-state index in [0.717, 1.165) is 5.56 Å². The van der Waals surface area contributed by atoms with Crippen LogP contribution in [0.5, 0.6) is 0 Å². The van der Waals surface area contributed by atoms with Crippen molar-refractivity contribution < 1.29 is 0 Å². The van der Waals surface area contributed by atoms with Crippen LogP contribution in [0.25, 0.3) is 0 Å². The van der Waals surface area contributed by atoms with Gasteiger partial charge in [-0.25, -0.2) is 9.97 Å². The molecule has 4 nitrogen and oxygen atoms in total. The maximum absolute atomic E-state index is 8.75. The van der Waals surface area contributed by atoms with Crippen molar-refractivity contribution in [2.45, 2.75) is 13.0 Å². The van der Waals surface area contributed by atoms with Gasteiger partial charge < -0.3 is 5.32 Å². The lowest BCUT2D eigenvalue weighted by molar-refractivity contribution is 0.859. The molecule has 1 N–H and O–H groups in total. The van der Waals surface area contributed by atoms with E-state index in [-0.39, 0.29) is 6.04 Å². The molecule has 1 aromatic heterocycles. The van der Waals surface area contributed by atoms with Gasteiger partial charge in [-0.1, -0.05) is 30.3 Å². The Kier molecular flexibility index (Phi) is 3.31. The highest BCUT2D eigenvalue weighted by Crippen LogP contribution is 2.15. The molecule has 0 spiro atoms. The number of rotatable bonds is 3. The van der Waals surface area contributed by atoms with Gasteiger partial charge in [0.2, 0.25) is 5.95 Å². The van der Waals surface area contributed by atoms with Crippen molar-refractivity contribution in [1.29, 1.82) is 5.26 Å².